The second-order valence-electron chi connectivity index (χ2n) is 8.06. The van der Waals surface area contributed by atoms with Gasteiger partial charge in [0.1, 0.15) is 29.0 Å². The van der Waals surface area contributed by atoms with Crippen LogP contribution in [0, 0.1) is 0 Å². The van der Waals surface area contributed by atoms with Crippen LogP contribution in [0.3, 0.4) is 0 Å². The van der Waals surface area contributed by atoms with E-state index in [4.69, 9.17) is 13.9 Å². The minimum atomic E-state index is 0.392. The van der Waals surface area contributed by atoms with Crippen LogP contribution in [-0.2, 0) is 4.74 Å². The van der Waals surface area contributed by atoms with Crippen molar-refractivity contribution >= 4 is 16.5 Å². The van der Waals surface area contributed by atoms with Crippen molar-refractivity contribution in [1.29, 1.82) is 0 Å². The highest BCUT2D eigenvalue weighted by atomic mass is 16.5. The summed E-state index contributed by atoms with van der Waals surface area (Å²) in [5.74, 6) is 1.25. The molecule has 8 heteroatoms. The van der Waals surface area contributed by atoms with Crippen LogP contribution < -0.4 is 10.1 Å². The number of nitrogens with zero attached hydrogens (tertiary/aromatic N) is 4. The first-order valence-corrected chi connectivity index (χ1v) is 10.4. The fourth-order valence-electron chi connectivity index (χ4n) is 4.55. The number of benzene rings is 1. The first-order valence-electron chi connectivity index (χ1n) is 10.4. The summed E-state index contributed by atoms with van der Waals surface area (Å²) in [6, 6.07) is 13.7. The van der Waals surface area contributed by atoms with Crippen LogP contribution in [0.15, 0.2) is 64.6 Å². The maximum absolute atomic E-state index is 9.62. The SMILES string of the molecule is ON=c1cc(-c2cc3cccn3cn2)oc2ccc(OCCN3C[C@@H]4C[C@H]3CO4)cc12. The van der Waals surface area contributed by atoms with E-state index in [1.54, 1.807) is 12.4 Å². The van der Waals surface area contributed by atoms with E-state index in [9.17, 15) is 5.21 Å². The average Bonchev–Trinajstić information content (AvgIpc) is 3.55. The summed E-state index contributed by atoms with van der Waals surface area (Å²) in [4.78, 5) is 6.88. The Morgan fingerprint density at radius 1 is 1.23 bits per heavy atom. The topological polar surface area (TPSA) is 84.7 Å². The van der Waals surface area contributed by atoms with Gasteiger partial charge in [0.2, 0.25) is 0 Å². The molecule has 0 amide bonds. The Labute approximate surface area is 177 Å². The van der Waals surface area contributed by atoms with Gasteiger partial charge >= 0.3 is 0 Å². The Kier molecular flexibility index (Phi) is 4.40. The average molecular weight is 418 g/mol. The van der Waals surface area contributed by atoms with Gasteiger partial charge in [-0.2, -0.15) is 0 Å². The molecule has 6 rings (SSSR count). The van der Waals surface area contributed by atoms with Crippen molar-refractivity contribution in [3.05, 3.63) is 60.3 Å². The van der Waals surface area contributed by atoms with Gasteiger partial charge in [0, 0.05) is 36.9 Å². The molecule has 2 saturated heterocycles. The van der Waals surface area contributed by atoms with Gasteiger partial charge in [0.25, 0.3) is 0 Å². The molecule has 158 valence electrons. The van der Waals surface area contributed by atoms with Crippen molar-refractivity contribution in [1.82, 2.24) is 14.3 Å². The van der Waals surface area contributed by atoms with Crippen LogP contribution in [-0.4, -0.2) is 57.9 Å². The molecular weight excluding hydrogens is 396 g/mol. The van der Waals surface area contributed by atoms with Crippen molar-refractivity contribution < 1.29 is 19.1 Å². The molecule has 0 aliphatic carbocycles. The zero-order valence-electron chi connectivity index (χ0n) is 16.8. The molecule has 0 saturated carbocycles. The third kappa shape index (κ3) is 3.34. The summed E-state index contributed by atoms with van der Waals surface area (Å²) in [5.41, 5.74) is 2.27. The van der Waals surface area contributed by atoms with Crippen LogP contribution >= 0.6 is 0 Å². The summed E-state index contributed by atoms with van der Waals surface area (Å²) in [6.45, 7) is 3.29. The lowest BCUT2D eigenvalue weighted by atomic mass is 10.2. The number of aromatic nitrogens is 2. The highest BCUT2D eigenvalue weighted by Gasteiger charge is 2.38. The van der Waals surface area contributed by atoms with E-state index in [0.29, 0.717) is 52.3 Å². The van der Waals surface area contributed by atoms with Crippen molar-refractivity contribution in [2.24, 2.45) is 5.16 Å². The van der Waals surface area contributed by atoms with Gasteiger partial charge in [-0.3, -0.25) is 4.90 Å². The van der Waals surface area contributed by atoms with E-state index in [1.165, 1.54) is 0 Å². The van der Waals surface area contributed by atoms with Crippen LogP contribution in [0.1, 0.15) is 6.42 Å². The van der Waals surface area contributed by atoms with Crippen LogP contribution in [0.2, 0.25) is 0 Å². The lowest BCUT2D eigenvalue weighted by Gasteiger charge is -2.26. The zero-order valence-corrected chi connectivity index (χ0v) is 16.8. The fraction of sp³-hybridized carbons (Fsp3) is 0.304. The molecule has 2 fully saturated rings. The van der Waals surface area contributed by atoms with Crippen LogP contribution in [0.5, 0.6) is 5.75 Å². The van der Waals surface area contributed by atoms with E-state index >= 15 is 0 Å². The summed E-state index contributed by atoms with van der Waals surface area (Å²) < 4.78 is 19.6. The van der Waals surface area contributed by atoms with Crippen molar-refractivity contribution in [3.63, 3.8) is 0 Å². The molecule has 8 nitrogen and oxygen atoms in total. The maximum Gasteiger partial charge on any atom is 0.155 e. The molecule has 0 spiro atoms. The van der Waals surface area contributed by atoms with Gasteiger partial charge in [-0.15, -0.1) is 0 Å². The normalized spacial score (nSPS) is 21.5. The van der Waals surface area contributed by atoms with E-state index in [0.717, 1.165) is 31.6 Å². The predicted molar refractivity (Wildman–Crippen MR) is 113 cm³/mol. The molecule has 2 aliphatic rings. The molecule has 4 aromatic rings. The Hall–Kier alpha value is -3.36. The Morgan fingerprint density at radius 2 is 2.19 bits per heavy atom. The number of fused-ring (bicyclic) bond motifs is 4. The van der Waals surface area contributed by atoms with Crippen LogP contribution in [0.4, 0.5) is 0 Å². The zero-order chi connectivity index (χ0) is 20.8. The molecule has 2 bridgehead atoms. The summed E-state index contributed by atoms with van der Waals surface area (Å²) in [5, 5.41) is 14.2. The quantitative estimate of drug-likeness (QED) is 0.396. The first-order chi connectivity index (χ1) is 15.3. The molecule has 1 N–H and O–H groups in total. The second-order valence-corrected chi connectivity index (χ2v) is 8.06. The third-order valence-electron chi connectivity index (χ3n) is 6.15. The third-order valence-corrected chi connectivity index (χ3v) is 6.15. The Balaban J connectivity index is 1.25. The number of likely N-dealkylation sites (tertiary alicyclic amines) is 1. The van der Waals surface area contributed by atoms with E-state index in [1.807, 2.05) is 47.0 Å². The predicted octanol–water partition coefficient (Wildman–Crippen LogP) is 2.89. The Morgan fingerprint density at radius 3 is 3.03 bits per heavy atom. The smallest absolute Gasteiger partial charge is 0.155 e. The molecule has 5 heterocycles. The lowest BCUT2D eigenvalue weighted by Crippen LogP contribution is -2.39. The van der Waals surface area contributed by atoms with E-state index < -0.39 is 0 Å². The largest absolute Gasteiger partial charge is 0.492 e. The molecular formula is C23H22N4O4. The van der Waals surface area contributed by atoms with Gasteiger partial charge in [-0.1, -0.05) is 5.16 Å². The highest BCUT2D eigenvalue weighted by molar-refractivity contribution is 5.80. The van der Waals surface area contributed by atoms with Crippen molar-refractivity contribution in [3.8, 4) is 17.2 Å². The van der Waals surface area contributed by atoms with Gasteiger partial charge in [-0.25, -0.2) is 4.98 Å². The summed E-state index contributed by atoms with van der Waals surface area (Å²) >= 11 is 0. The first kappa shape index (κ1) is 18.4. The maximum atomic E-state index is 9.62. The fourth-order valence-corrected chi connectivity index (χ4v) is 4.55. The monoisotopic (exact) mass is 418 g/mol. The standard InChI is InChI=1S/C23H22N4O4/c28-25-20-11-23(21-9-15-2-1-5-27(15)14-24-21)31-22-4-3-17(10-19(20)22)29-7-6-26-12-18-8-16(26)13-30-18/h1-5,9-11,14,16,18,28H,6-8,12-13H2/t16-,18-/m0/s1. The van der Waals surface area contributed by atoms with E-state index in [-0.39, 0.29) is 0 Å². The van der Waals surface area contributed by atoms with Gasteiger partial charge in [0.15, 0.2) is 5.76 Å². The summed E-state index contributed by atoms with van der Waals surface area (Å²) in [6.07, 6.45) is 5.19. The molecule has 3 aromatic heterocycles. The molecule has 2 aliphatic heterocycles. The molecule has 31 heavy (non-hydrogen) atoms. The minimum Gasteiger partial charge on any atom is -0.492 e. The highest BCUT2D eigenvalue weighted by Crippen LogP contribution is 2.28. The van der Waals surface area contributed by atoms with E-state index in [2.05, 4.69) is 15.0 Å². The molecule has 1 aromatic carbocycles. The number of ether oxygens (including phenoxy) is 2. The molecule has 2 atom stereocenters. The van der Waals surface area contributed by atoms with Gasteiger partial charge in [-0.05, 0) is 42.8 Å². The second kappa shape index (κ2) is 7.40. The number of hydrogen-bond acceptors (Lipinski definition) is 7. The Bertz CT molecular complexity index is 1330. The lowest BCUT2D eigenvalue weighted by molar-refractivity contribution is 0.0258. The van der Waals surface area contributed by atoms with Crippen molar-refractivity contribution in [2.45, 2.75) is 18.6 Å². The summed E-state index contributed by atoms with van der Waals surface area (Å²) in [7, 11) is 0. The van der Waals surface area contributed by atoms with Gasteiger partial charge < -0.3 is 23.5 Å². The molecule has 0 radical (unpaired) electrons. The van der Waals surface area contributed by atoms with Crippen molar-refractivity contribution in [2.75, 3.05) is 26.3 Å². The van der Waals surface area contributed by atoms with Gasteiger partial charge in [0.05, 0.1) is 24.4 Å². The minimum absolute atomic E-state index is 0.392. The van der Waals surface area contributed by atoms with Crippen LogP contribution in [0.25, 0.3) is 27.9 Å². The number of hydrogen-bond donors (Lipinski definition) is 1. The number of morpholine rings is 1. The molecule has 0 unspecified atom stereocenters. The number of rotatable bonds is 5.